The molecule has 0 saturated carbocycles. The van der Waals surface area contributed by atoms with Crippen molar-refractivity contribution in [3.8, 4) is 0 Å². The van der Waals surface area contributed by atoms with E-state index in [1.54, 1.807) is 0 Å². The number of ether oxygens (including phenoxy) is 4. The monoisotopic (exact) mass is 1170 g/mol. The molecule has 0 aliphatic rings. The van der Waals surface area contributed by atoms with Gasteiger partial charge >= 0.3 is 17.9 Å². The van der Waals surface area contributed by atoms with Gasteiger partial charge in [-0.3, -0.25) is 9.59 Å². The number of carboxylic acids is 1. The lowest BCUT2D eigenvalue weighted by atomic mass is 10.1. The van der Waals surface area contributed by atoms with Crippen LogP contribution in [0.4, 0.5) is 0 Å². The first kappa shape index (κ1) is 79.1. The molecule has 0 aromatic carbocycles. The van der Waals surface area contributed by atoms with Crippen LogP contribution in [0, 0.1) is 0 Å². The SMILES string of the molecule is CC/C=C\C/C=C\C/C=C\C/C=C\C/C=C\C/C=C\C/C=C\C/C=C\C/C=C\C/C=C\C/C=C\CCCCCCCCCC(=O)OC(COC(=O)CCCCC/C=C\C/C=C\C/C=C\C/C=C\C/C=C\CC)COC(OCC[N+](C)(C)C)C(=O)O. The van der Waals surface area contributed by atoms with Crippen molar-refractivity contribution >= 4 is 17.9 Å². The van der Waals surface area contributed by atoms with Crippen LogP contribution in [-0.4, -0.2) is 87.4 Å². The standard InChI is InChI=1S/C76H117NO8/c1-6-8-10-12-14-16-18-20-22-24-26-27-28-29-30-31-32-33-34-35-36-37-38-39-40-41-42-43-44-45-46-47-49-51-53-55-57-59-61-63-65-67-74(79)85-72(71-84-76(75(80)81)82-69-68-77(3,4)5)70-83-73(78)66-64-62-60-58-56-54-52-50-48-25-23-21-19-17-15-13-11-9-7-2/h8-11,14-17,20-23,26-27,29-30,32-33,35-36,38-39,41-42,44-45,47-50,54,56,72,76H,6-7,12-13,18-19,24-25,28,31,34,37,40,43,46,51-53,55,57-71H2,1-5H3/p+1/b10-8-,11-9-,16-14-,17-15-,22-20-,23-21-,27-26-,30-29-,33-32-,36-35-,39-38-,42-41-,45-44-,49-47-,50-48-,56-54-. The van der Waals surface area contributed by atoms with Gasteiger partial charge in [0.15, 0.2) is 6.10 Å². The van der Waals surface area contributed by atoms with Crippen molar-refractivity contribution < 1.29 is 42.9 Å². The Labute approximate surface area is 519 Å². The highest BCUT2D eigenvalue weighted by molar-refractivity contribution is 5.71. The zero-order chi connectivity index (χ0) is 61.9. The van der Waals surface area contributed by atoms with E-state index in [0.717, 1.165) is 154 Å². The molecule has 1 N–H and O–H groups in total. The summed E-state index contributed by atoms with van der Waals surface area (Å²) in [5.41, 5.74) is 0. The van der Waals surface area contributed by atoms with Gasteiger partial charge in [-0.25, -0.2) is 4.79 Å². The minimum Gasteiger partial charge on any atom is -0.477 e. The summed E-state index contributed by atoms with van der Waals surface area (Å²) in [7, 11) is 5.94. The lowest BCUT2D eigenvalue weighted by Crippen LogP contribution is -2.40. The third kappa shape index (κ3) is 65.5. The number of allylic oxidation sites excluding steroid dienone is 32. The van der Waals surface area contributed by atoms with E-state index in [4.69, 9.17) is 18.9 Å². The minimum atomic E-state index is -1.53. The summed E-state index contributed by atoms with van der Waals surface area (Å²) in [5.74, 6) is -2.09. The molecule has 0 amide bonds. The molecule has 0 radical (unpaired) electrons. The molecule has 0 aliphatic carbocycles. The van der Waals surface area contributed by atoms with E-state index in [1.165, 1.54) is 12.8 Å². The van der Waals surface area contributed by atoms with Crippen molar-refractivity contribution in [2.45, 2.75) is 219 Å². The van der Waals surface area contributed by atoms with Gasteiger partial charge < -0.3 is 28.5 Å². The van der Waals surface area contributed by atoms with Gasteiger partial charge in [0.2, 0.25) is 0 Å². The fraction of sp³-hybridized carbons (Fsp3) is 0.539. The average Bonchev–Trinajstić information content (AvgIpc) is 3.49. The quantitative estimate of drug-likeness (QED) is 0.0211. The molecule has 0 spiro atoms. The van der Waals surface area contributed by atoms with Gasteiger partial charge in [0.25, 0.3) is 6.29 Å². The van der Waals surface area contributed by atoms with E-state index in [-0.39, 0.29) is 38.6 Å². The van der Waals surface area contributed by atoms with Gasteiger partial charge in [0.1, 0.15) is 13.2 Å². The number of quaternary nitrogens is 1. The minimum absolute atomic E-state index is 0.168. The number of likely N-dealkylation sites (N-methyl/N-ethyl adjacent to an activating group) is 1. The summed E-state index contributed by atoms with van der Waals surface area (Å²) in [6.45, 7) is 4.56. The van der Waals surface area contributed by atoms with Gasteiger partial charge in [-0.1, -0.05) is 247 Å². The number of carbonyl (C=O) groups excluding carboxylic acids is 2. The fourth-order valence-corrected chi connectivity index (χ4v) is 7.93. The Hall–Kier alpha value is -5.87. The number of rotatable bonds is 57. The van der Waals surface area contributed by atoms with E-state index >= 15 is 0 Å². The number of nitrogens with zero attached hydrogens (tertiary/aromatic N) is 1. The fourth-order valence-electron chi connectivity index (χ4n) is 7.93. The average molecular weight is 1170 g/mol. The highest BCUT2D eigenvalue weighted by Gasteiger charge is 2.25. The van der Waals surface area contributed by atoms with Crippen LogP contribution in [0.2, 0.25) is 0 Å². The van der Waals surface area contributed by atoms with E-state index in [2.05, 4.69) is 208 Å². The summed E-state index contributed by atoms with van der Waals surface area (Å²) in [6.07, 6.45) is 96.7. The molecule has 85 heavy (non-hydrogen) atoms. The molecule has 2 atom stereocenters. The Kier molecular flexibility index (Phi) is 59.7. The predicted octanol–water partition coefficient (Wildman–Crippen LogP) is 20.2. The second-order valence-electron chi connectivity index (χ2n) is 22.0. The first-order chi connectivity index (χ1) is 41.6. The van der Waals surface area contributed by atoms with Crippen molar-refractivity contribution in [2.24, 2.45) is 0 Å². The maximum atomic E-state index is 12.9. The highest BCUT2D eigenvalue weighted by Crippen LogP contribution is 2.13. The second kappa shape index (κ2) is 64.1. The van der Waals surface area contributed by atoms with Crippen molar-refractivity contribution in [1.29, 1.82) is 0 Å². The van der Waals surface area contributed by atoms with E-state index in [0.29, 0.717) is 23.9 Å². The van der Waals surface area contributed by atoms with Crippen LogP contribution in [-0.2, 0) is 33.3 Å². The first-order valence-corrected chi connectivity index (χ1v) is 32.6. The maximum Gasteiger partial charge on any atom is 0.361 e. The number of carboxylic acid groups (broad SMARTS) is 1. The second-order valence-corrected chi connectivity index (χ2v) is 22.0. The number of hydrogen-bond donors (Lipinski definition) is 1. The molecular formula is C76H118NO8+. The van der Waals surface area contributed by atoms with Crippen LogP contribution in [0.25, 0.3) is 0 Å². The van der Waals surface area contributed by atoms with Gasteiger partial charge in [-0.15, -0.1) is 0 Å². The zero-order valence-corrected chi connectivity index (χ0v) is 53.9. The van der Waals surface area contributed by atoms with Crippen molar-refractivity contribution in [2.75, 3.05) is 47.5 Å². The number of unbranched alkanes of at least 4 members (excludes halogenated alkanes) is 10. The first-order valence-electron chi connectivity index (χ1n) is 32.6. The number of carbonyl (C=O) groups is 3. The lowest BCUT2D eigenvalue weighted by molar-refractivity contribution is -0.870. The summed E-state index contributed by atoms with van der Waals surface area (Å²) in [4.78, 5) is 37.5. The smallest absolute Gasteiger partial charge is 0.361 e. The van der Waals surface area contributed by atoms with Crippen LogP contribution in [0.3, 0.4) is 0 Å². The lowest BCUT2D eigenvalue weighted by Gasteiger charge is -2.25. The van der Waals surface area contributed by atoms with Crippen LogP contribution < -0.4 is 0 Å². The highest BCUT2D eigenvalue weighted by atomic mass is 16.7. The summed E-state index contributed by atoms with van der Waals surface area (Å²) >= 11 is 0. The van der Waals surface area contributed by atoms with Crippen LogP contribution >= 0.6 is 0 Å². The van der Waals surface area contributed by atoms with E-state index < -0.39 is 24.3 Å². The third-order valence-corrected chi connectivity index (χ3v) is 12.8. The predicted molar refractivity (Wildman–Crippen MR) is 363 cm³/mol. The molecule has 0 aromatic heterocycles. The summed E-state index contributed by atoms with van der Waals surface area (Å²) < 4.78 is 22.8. The van der Waals surface area contributed by atoms with Gasteiger partial charge in [0.05, 0.1) is 34.4 Å². The molecule has 474 valence electrons. The van der Waals surface area contributed by atoms with Crippen LogP contribution in [0.15, 0.2) is 194 Å². The van der Waals surface area contributed by atoms with Crippen LogP contribution in [0.1, 0.15) is 206 Å². The molecule has 0 aromatic rings. The molecule has 0 aliphatic heterocycles. The zero-order valence-electron chi connectivity index (χ0n) is 53.9. The molecule has 9 heteroatoms. The number of aliphatic carboxylic acids is 1. The molecule has 0 saturated heterocycles. The molecule has 0 rings (SSSR count). The summed E-state index contributed by atoms with van der Waals surface area (Å²) in [6, 6.07) is 0. The van der Waals surface area contributed by atoms with Gasteiger partial charge in [-0.05, 0) is 141 Å². The van der Waals surface area contributed by atoms with Crippen molar-refractivity contribution in [1.82, 2.24) is 0 Å². The molecule has 0 heterocycles. The van der Waals surface area contributed by atoms with E-state index in [9.17, 15) is 19.5 Å². The topological polar surface area (TPSA) is 108 Å². The molecule has 0 fully saturated rings. The Bertz CT molecular complexity index is 2090. The Balaban J connectivity index is 4.26. The molecule has 9 nitrogen and oxygen atoms in total. The summed E-state index contributed by atoms with van der Waals surface area (Å²) in [5, 5.41) is 9.72. The number of esters is 2. The molecular weight excluding hydrogens is 1050 g/mol. The molecule has 0 bridgehead atoms. The van der Waals surface area contributed by atoms with Crippen molar-refractivity contribution in [3.05, 3.63) is 194 Å². The molecule has 2 unspecified atom stereocenters. The Morgan fingerprint density at radius 2 is 0.635 bits per heavy atom. The van der Waals surface area contributed by atoms with Crippen LogP contribution in [0.5, 0.6) is 0 Å². The van der Waals surface area contributed by atoms with Crippen molar-refractivity contribution in [3.63, 3.8) is 0 Å². The number of hydrogen-bond acceptors (Lipinski definition) is 7. The largest absolute Gasteiger partial charge is 0.477 e. The Morgan fingerprint density at radius 3 is 0.953 bits per heavy atom. The van der Waals surface area contributed by atoms with Gasteiger partial charge in [0, 0.05) is 12.8 Å². The van der Waals surface area contributed by atoms with Gasteiger partial charge in [-0.2, -0.15) is 0 Å². The third-order valence-electron chi connectivity index (χ3n) is 12.8. The normalized spacial score (nSPS) is 14.0. The Morgan fingerprint density at radius 1 is 0.353 bits per heavy atom. The maximum absolute atomic E-state index is 12.9. The van der Waals surface area contributed by atoms with E-state index in [1.807, 2.05) is 21.1 Å².